The van der Waals surface area contributed by atoms with Gasteiger partial charge in [0.2, 0.25) is 5.91 Å². The number of rotatable bonds is 5. The molecule has 1 aromatic rings. The second-order valence-electron chi connectivity index (χ2n) is 3.13. The summed E-state index contributed by atoms with van der Waals surface area (Å²) < 4.78 is 0. The fraction of sp³-hybridized carbons (Fsp3) is 0.556. The van der Waals surface area contributed by atoms with Gasteiger partial charge in [-0.3, -0.25) is 4.79 Å². The highest BCUT2D eigenvalue weighted by atomic mass is 35.5. The predicted octanol–water partition coefficient (Wildman–Crippen LogP) is 0.943. The second-order valence-corrected chi connectivity index (χ2v) is 3.44. The van der Waals surface area contributed by atoms with Crippen molar-refractivity contribution < 1.29 is 4.79 Å². The summed E-state index contributed by atoms with van der Waals surface area (Å²) in [5, 5.41) is 2.79. The van der Waals surface area contributed by atoms with Crippen LogP contribution in [0.25, 0.3) is 0 Å². The fourth-order valence-corrected chi connectivity index (χ4v) is 1.12. The molecule has 0 saturated heterocycles. The summed E-state index contributed by atoms with van der Waals surface area (Å²) in [6.07, 6.45) is 4.17. The standard InChI is InChI=1S/C9H14ClN3O/c1-7(6-10)9(14)13-3-2-8-11-4-5-12-8/h4-5,7H,2-3,6H2,1H3,(H,11,12)(H,13,14). The summed E-state index contributed by atoms with van der Waals surface area (Å²) in [4.78, 5) is 18.3. The quantitative estimate of drug-likeness (QED) is 0.719. The van der Waals surface area contributed by atoms with Crippen molar-refractivity contribution in [2.24, 2.45) is 5.92 Å². The van der Waals surface area contributed by atoms with Gasteiger partial charge in [-0.15, -0.1) is 11.6 Å². The lowest BCUT2D eigenvalue weighted by Crippen LogP contribution is -2.31. The molecule has 1 rings (SSSR count). The van der Waals surface area contributed by atoms with Crippen molar-refractivity contribution in [2.75, 3.05) is 12.4 Å². The summed E-state index contributed by atoms with van der Waals surface area (Å²) in [6, 6.07) is 0. The maximum atomic E-state index is 11.3. The minimum atomic E-state index is -0.131. The molecule has 0 radical (unpaired) electrons. The molecule has 1 unspecified atom stereocenters. The van der Waals surface area contributed by atoms with Gasteiger partial charge >= 0.3 is 0 Å². The van der Waals surface area contributed by atoms with Crippen molar-refractivity contribution in [1.29, 1.82) is 0 Å². The van der Waals surface area contributed by atoms with Gasteiger partial charge in [0.25, 0.3) is 0 Å². The first-order chi connectivity index (χ1) is 6.74. The molecule has 0 fully saturated rings. The lowest BCUT2D eigenvalue weighted by atomic mass is 10.2. The van der Waals surface area contributed by atoms with E-state index in [1.54, 1.807) is 19.3 Å². The zero-order chi connectivity index (χ0) is 10.4. The van der Waals surface area contributed by atoms with Crippen molar-refractivity contribution in [3.63, 3.8) is 0 Å². The van der Waals surface area contributed by atoms with Crippen LogP contribution in [-0.4, -0.2) is 28.3 Å². The van der Waals surface area contributed by atoms with Gasteiger partial charge in [-0.2, -0.15) is 0 Å². The van der Waals surface area contributed by atoms with Gasteiger partial charge in [0.15, 0.2) is 0 Å². The van der Waals surface area contributed by atoms with Crippen LogP contribution in [0, 0.1) is 5.92 Å². The summed E-state index contributed by atoms with van der Waals surface area (Å²) in [5.74, 6) is 1.09. The molecule has 2 N–H and O–H groups in total. The summed E-state index contributed by atoms with van der Waals surface area (Å²) in [5.41, 5.74) is 0. The lowest BCUT2D eigenvalue weighted by molar-refractivity contribution is -0.123. The number of carbonyl (C=O) groups is 1. The van der Waals surface area contributed by atoms with E-state index in [-0.39, 0.29) is 11.8 Å². The van der Waals surface area contributed by atoms with Crippen molar-refractivity contribution >= 4 is 17.5 Å². The number of carbonyl (C=O) groups excluding carboxylic acids is 1. The topological polar surface area (TPSA) is 57.8 Å². The summed E-state index contributed by atoms with van der Waals surface area (Å²) >= 11 is 5.55. The SMILES string of the molecule is CC(CCl)C(=O)NCCc1ncc[nH]1. The fourth-order valence-electron chi connectivity index (χ4n) is 0.983. The Morgan fingerprint density at radius 3 is 3.14 bits per heavy atom. The molecule has 14 heavy (non-hydrogen) atoms. The Kier molecular flexibility index (Phi) is 4.46. The van der Waals surface area contributed by atoms with E-state index in [4.69, 9.17) is 11.6 Å². The first-order valence-electron chi connectivity index (χ1n) is 4.56. The number of hydrogen-bond acceptors (Lipinski definition) is 2. The zero-order valence-corrected chi connectivity index (χ0v) is 8.84. The lowest BCUT2D eigenvalue weighted by Gasteiger charge is -2.07. The minimum Gasteiger partial charge on any atom is -0.355 e. The third-order valence-electron chi connectivity index (χ3n) is 1.89. The van der Waals surface area contributed by atoms with Crippen LogP contribution in [0.2, 0.25) is 0 Å². The van der Waals surface area contributed by atoms with E-state index in [0.29, 0.717) is 18.8 Å². The Hall–Kier alpha value is -1.03. The minimum absolute atomic E-state index is 0.00782. The number of H-pyrrole nitrogens is 1. The highest BCUT2D eigenvalue weighted by molar-refractivity contribution is 6.19. The zero-order valence-electron chi connectivity index (χ0n) is 8.09. The van der Waals surface area contributed by atoms with E-state index < -0.39 is 0 Å². The molecular formula is C9H14ClN3O. The van der Waals surface area contributed by atoms with Crippen LogP contribution in [0.3, 0.4) is 0 Å². The highest BCUT2D eigenvalue weighted by Crippen LogP contribution is 1.97. The maximum absolute atomic E-state index is 11.3. The van der Waals surface area contributed by atoms with Crippen molar-refractivity contribution in [3.05, 3.63) is 18.2 Å². The van der Waals surface area contributed by atoms with Gasteiger partial charge in [-0.05, 0) is 0 Å². The predicted molar refractivity (Wildman–Crippen MR) is 55.2 cm³/mol. The number of nitrogens with zero attached hydrogens (tertiary/aromatic N) is 1. The average Bonchev–Trinajstić information content (AvgIpc) is 2.69. The van der Waals surface area contributed by atoms with Gasteiger partial charge in [0, 0.05) is 37.2 Å². The maximum Gasteiger partial charge on any atom is 0.224 e. The van der Waals surface area contributed by atoms with Crippen molar-refractivity contribution in [2.45, 2.75) is 13.3 Å². The number of hydrogen-bond donors (Lipinski definition) is 2. The molecule has 1 amide bonds. The third-order valence-corrected chi connectivity index (χ3v) is 2.36. The van der Waals surface area contributed by atoms with Crippen LogP contribution in [0.1, 0.15) is 12.7 Å². The Morgan fingerprint density at radius 2 is 2.57 bits per heavy atom. The molecule has 5 heteroatoms. The van der Waals surface area contributed by atoms with E-state index in [1.807, 2.05) is 0 Å². The molecule has 0 saturated carbocycles. The molecule has 1 atom stereocenters. The molecule has 0 aromatic carbocycles. The summed E-state index contributed by atoms with van der Waals surface area (Å²) in [6.45, 7) is 2.39. The van der Waals surface area contributed by atoms with Gasteiger partial charge in [0.05, 0.1) is 0 Å². The number of alkyl halides is 1. The van der Waals surface area contributed by atoms with Gasteiger partial charge < -0.3 is 10.3 Å². The Balaban J connectivity index is 2.18. The molecule has 78 valence electrons. The molecular weight excluding hydrogens is 202 g/mol. The van der Waals surface area contributed by atoms with Crippen LogP contribution in [-0.2, 0) is 11.2 Å². The second kappa shape index (κ2) is 5.65. The molecule has 0 aliphatic carbocycles. The average molecular weight is 216 g/mol. The third kappa shape index (κ3) is 3.38. The van der Waals surface area contributed by atoms with E-state index >= 15 is 0 Å². The molecule has 1 aromatic heterocycles. The molecule has 0 aliphatic heterocycles. The van der Waals surface area contributed by atoms with E-state index in [9.17, 15) is 4.79 Å². The van der Waals surface area contributed by atoms with E-state index in [0.717, 1.165) is 5.82 Å². The number of halogens is 1. The van der Waals surface area contributed by atoms with Gasteiger partial charge in [-0.1, -0.05) is 6.92 Å². The van der Waals surface area contributed by atoms with Crippen molar-refractivity contribution in [1.82, 2.24) is 15.3 Å². The first-order valence-corrected chi connectivity index (χ1v) is 5.09. The number of amides is 1. The number of imidazole rings is 1. The van der Waals surface area contributed by atoms with Gasteiger partial charge in [-0.25, -0.2) is 4.98 Å². The van der Waals surface area contributed by atoms with Gasteiger partial charge in [0.1, 0.15) is 5.82 Å². The molecule has 0 aliphatic rings. The molecule has 1 heterocycles. The molecule has 0 bridgehead atoms. The van der Waals surface area contributed by atoms with Crippen LogP contribution < -0.4 is 5.32 Å². The van der Waals surface area contributed by atoms with Crippen LogP contribution in [0.15, 0.2) is 12.4 Å². The summed E-state index contributed by atoms with van der Waals surface area (Å²) in [7, 11) is 0. The van der Waals surface area contributed by atoms with Crippen LogP contribution in [0.5, 0.6) is 0 Å². The normalized spacial score (nSPS) is 12.4. The molecule has 0 spiro atoms. The number of aromatic nitrogens is 2. The monoisotopic (exact) mass is 215 g/mol. The first kappa shape index (κ1) is 11.0. The van der Waals surface area contributed by atoms with E-state index in [2.05, 4.69) is 15.3 Å². The van der Waals surface area contributed by atoms with Crippen LogP contribution in [0.4, 0.5) is 0 Å². The molecule has 4 nitrogen and oxygen atoms in total. The van der Waals surface area contributed by atoms with E-state index in [1.165, 1.54) is 0 Å². The number of nitrogens with one attached hydrogen (secondary N) is 2. The Morgan fingerprint density at radius 1 is 1.79 bits per heavy atom. The smallest absolute Gasteiger partial charge is 0.224 e. The number of aromatic amines is 1. The van der Waals surface area contributed by atoms with Crippen molar-refractivity contribution in [3.8, 4) is 0 Å². The Bertz CT molecular complexity index is 274. The van der Waals surface area contributed by atoms with Crippen LogP contribution >= 0.6 is 11.6 Å². The largest absolute Gasteiger partial charge is 0.355 e. The Labute approximate surface area is 88.1 Å². The highest BCUT2D eigenvalue weighted by Gasteiger charge is 2.10.